The maximum absolute atomic E-state index is 12.6. The van der Waals surface area contributed by atoms with Gasteiger partial charge in [-0.2, -0.15) is 0 Å². The van der Waals surface area contributed by atoms with E-state index in [1.165, 1.54) is 24.1 Å². The Balaban J connectivity index is 1.72. The van der Waals surface area contributed by atoms with Crippen molar-refractivity contribution in [2.75, 3.05) is 18.6 Å². The minimum absolute atomic E-state index is 0.0394. The zero-order valence-corrected chi connectivity index (χ0v) is 16.9. The van der Waals surface area contributed by atoms with Gasteiger partial charge in [0, 0.05) is 12.7 Å². The van der Waals surface area contributed by atoms with Crippen LogP contribution in [0.2, 0.25) is 0 Å². The van der Waals surface area contributed by atoms with Crippen LogP contribution in [-0.2, 0) is 16.1 Å². The fourth-order valence-corrected chi connectivity index (χ4v) is 3.22. The lowest BCUT2D eigenvalue weighted by atomic mass is 9.99. The first-order valence-corrected chi connectivity index (χ1v) is 9.49. The van der Waals surface area contributed by atoms with Crippen molar-refractivity contribution in [2.45, 2.75) is 32.6 Å². The topological polar surface area (TPSA) is 121 Å². The van der Waals surface area contributed by atoms with E-state index < -0.39 is 30.1 Å². The Hall–Kier alpha value is -3.17. The number of furan rings is 1. The molecule has 0 radical (unpaired) electrons. The molecule has 3 rings (SSSR count). The third kappa shape index (κ3) is 4.22. The predicted molar refractivity (Wildman–Crippen MR) is 106 cm³/mol. The molecule has 1 aliphatic heterocycles. The summed E-state index contributed by atoms with van der Waals surface area (Å²) in [5, 5.41) is 19.1. The first kappa shape index (κ1) is 21.5. The van der Waals surface area contributed by atoms with Crippen LogP contribution in [0.25, 0.3) is 0 Å². The van der Waals surface area contributed by atoms with Crippen molar-refractivity contribution < 1.29 is 33.8 Å². The summed E-state index contributed by atoms with van der Waals surface area (Å²) in [6.45, 7) is 3.68. The van der Waals surface area contributed by atoms with Crippen molar-refractivity contribution in [1.82, 2.24) is 4.90 Å². The zero-order valence-electron chi connectivity index (χ0n) is 16.9. The Morgan fingerprint density at radius 3 is 2.40 bits per heavy atom. The molecule has 3 amide bonds. The number of hydrogen-bond acceptors (Lipinski definition) is 6. The van der Waals surface area contributed by atoms with Gasteiger partial charge in [0.1, 0.15) is 18.4 Å². The fraction of sp³-hybridized carbons (Fsp3) is 0.381. The van der Waals surface area contributed by atoms with Gasteiger partial charge in [-0.1, -0.05) is 26.0 Å². The van der Waals surface area contributed by atoms with E-state index in [4.69, 9.17) is 14.3 Å². The summed E-state index contributed by atoms with van der Waals surface area (Å²) in [7, 11) is 1.40. The third-order valence-corrected chi connectivity index (χ3v) is 4.96. The van der Waals surface area contributed by atoms with E-state index in [1.807, 2.05) is 13.8 Å². The molecule has 0 aliphatic carbocycles. The second kappa shape index (κ2) is 8.68. The van der Waals surface area contributed by atoms with Crippen LogP contribution in [0, 0.1) is 5.92 Å². The van der Waals surface area contributed by atoms with Crippen molar-refractivity contribution in [1.29, 1.82) is 0 Å². The van der Waals surface area contributed by atoms with Crippen LogP contribution in [0.1, 0.15) is 41.8 Å². The smallest absolute Gasteiger partial charge is 0.371 e. The number of anilines is 1. The molecular formula is C21H24N2O7. The van der Waals surface area contributed by atoms with Crippen LogP contribution in [-0.4, -0.2) is 52.7 Å². The summed E-state index contributed by atoms with van der Waals surface area (Å²) in [6, 6.07) is 8.28. The lowest BCUT2D eigenvalue weighted by Gasteiger charge is -2.23. The molecule has 1 aromatic heterocycles. The summed E-state index contributed by atoms with van der Waals surface area (Å²) in [4.78, 5) is 38.4. The van der Waals surface area contributed by atoms with Crippen LogP contribution in [0.3, 0.4) is 0 Å². The molecule has 30 heavy (non-hydrogen) atoms. The number of aliphatic hydroxyl groups is 1. The summed E-state index contributed by atoms with van der Waals surface area (Å²) in [5.41, 5.74) is 1.23. The maximum Gasteiger partial charge on any atom is 0.371 e. The van der Waals surface area contributed by atoms with Crippen LogP contribution in [0.4, 0.5) is 10.5 Å². The number of carboxylic acids is 1. The summed E-state index contributed by atoms with van der Waals surface area (Å²) in [6.07, 6.45) is -0.624. The number of urea groups is 1. The molecule has 1 fully saturated rings. The van der Waals surface area contributed by atoms with E-state index >= 15 is 0 Å². The molecule has 9 heteroatoms. The van der Waals surface area contributed by atoms with Crippen LogP contribution in [0.5, 0.6) is 0 Å². The van der Waals surface area contributed by atoms with Crippen molar-refractivity contribution >= 4 is 23.6 Å². The number of hydrogen-bond donors (Lipinski definition) is 2. The predicted octanol–water partition coefficient (Wildman–Crippen LogP) is 2.65. The molecule has 1 aliphatic rings. The number of ether oxygens (including phenoxy) is 1. The van der Waals surface area contributed by atoms with Crippen LogP contribution in [0.15, 0.2) is 40.8 Å². The van der Waals surface area contributed by atoms with Gasteiger partial charge in [0.05, 0.1) is 12.7 Å². The highest BCUT2D eigenvalue weighted by Gasteiger charge is 2.44. The molecule has 160 valence electrons. The SMILES string of the molecule is CC(C)C(O)c1ccc(N2C(=O)N(C)C(=O)C2COCc2ccc(C(=O)O)o2)cc1. The number of carbonyl (C=O) groups is 3. The van der Waals surface area contributed by atoms with Gasteiger partial charge < -0.3 is 19.4 Å². The standard InChI is InChI=1S/C21H24N2O7/c1-12(2)18(24)13-4-6-14(7-5-13)23-16(19(25)22(3)21(23)28)11-29-10-15-8-9-17(30-15)20(26)27/h4-9,12,16,18,24H,10-11H2,1-3H3,(H,26,27). The minimum atomic E-state index is -1.18. The number of carboxylic acid groups (broad SMARTS) is 1. The zero-order chi connectivity index (χ0) is 22.0. The highest BCUT2D eigenvalue weighted by atomic mass is 16.5. The van der Waals surface area contributed by atoms with Gasteiger partial charge in [-0.15, -0.1) is 0 Å². The van der Waals surface area contributed by atoms with Gasteiger partial charge in [0.2, 0.25) is 5.76 Å². The van der Waals surface area contributed by atoms with E-state index in [-0.39, 0.29) is 24.9 Å². The molecule has 9 nitrogen and oxygen atoms in total. The Labute approximate surface area is 173 Å². The van der Waals surface area contributed by atoms with Crippen LogP contribution < -0.4 is 4.90 Å². The average molecular weight is 416 g/mol. The van der Waals surface area contributed by atoms with Gasteiger partial charge in [-0.25, -0.2) is 9.59 Å². The molecule has 2 atom stereocenters. The van der Waals surface area contributed by atoms with Gasteiger partial charge in [0.25, 0.3) is 5.91 Å². The van der Waals surface area contributed by atoms with Crippen molar-refractivity contribution in [3.63, 3.8) is 0 Å². The third-order valence-electron chi connectivity index (χ3n) is 4.96. The molecular weight excluding hydrogens is 392 g/mol. The maximum atomic E-state index is 12.6. The highest BCUT2D eigenvalue weighted by molar-refractivity contribution is 6.14. The van der Waals surface area contributed by atoms with Gasteiger partial charge in [0.15, 0.2) is 0 Å². The molecule has 2 heterocycles. The van der Waals surface area contributed by atoms with E-state index in [9.17, 15) is 19.5 Å². The normalized spacial score (nSPS) is 17.8. The lowest BCUT2D eigenvalue weighted by Crippen LogP contribution is -2.38. The lowest BCUT2D eigenvalue weighted by molar-refractivity contribution is -0.127. The molecule has 0 spiro atoms. The van der Waals surface area contributed by atoms with E-state index in [0.29, 0.717) is 11.4 Å². The number of aliphatic hydroxyl groups excluding tert-OH is 1. The second-order valence-corrected chi connectivity index (χ2v) is 7.43. The van der Waals surface area contributed by atoms with Gasteiger partial charge >= 0.3 is 12.0 Å². The molecule has 1 saturated heterocycles. The molecule has 0 saturated carbocycles. The number of aromatic carboxylic acids is 1. The molecule has 1 aromatic carbocycles. The highest BCUT2D eigenvalue weighted by Crippen LogP contribution is 2.28. The van der Waals surface area contributed by atoms with Gasteiger partial charge in [-0.3, -0.25) is 14.6 Å². The van der Waals surface area contributed by atoms with Gasteiger partial charge in [-0.05, 0) is 35.7 Å². The molecule has 0 bridgehead atoms. The number of carbonyl (C=O) groups excluding carboxylic acids is 2. The number of benzene rings is 1. The molecule has 2 N–H and O–H groups in total. The largest absolute Gasteiger partial charge is 0.475 e. The Bertz CT molecular complexity index is 935. The summed E-state index contributed by atoms with van der Waals surface area (Å²) >= 11 is 0. The second-order valence-electron chi connectivity index (χ2n) is 7.43. The Kier molecular flexibility index (Phi) is 6.23. The fourth-order valence-electron chi connectivity index (χ4n) is 3.22. The van der Waals surface area contributed by atoms with E-state index in [0.717, 1.165) is 10.5 Å². The van der Waals surface area contributed by atoms with Crippen molar-refractivity contribution in [2.24, 2.45) is 5.92 Å². The minimum Gasteiger partial charge on any atom is -0.475 e. The molecule has 2 aromatic rings. The number of amides is 3. The summed E-state index contributed by atoms with van der Waals surface area (Å²) < 4.78 is 10.7. The average Bonchev–Trinajstić information content (AvgIpc) is 3.27. The number of imide groups is 1. The monoisotopic (exact) mass is 416 g/mol. The first-order chi connectivity index (χ1) is 14.2. The number of nitrogens with zero attached hydrogens (tertiary/aromatic N) is 2. The Morgan fingerprint density at radius 1 is 1.17 bits per heavy atom. The van der Waals surface area contributed by atoms with E-state index in [2.05, 4.69) is 0 Å². The quantitative estimate of drug-likeness (QED) is 0.635. The first-order valence-electron chi connectivity index (χ1n) is 9.49. The van der Waals surface area contributed by atoms with Crippen LogP contribution >= 0.6 is 0 Å². The number of rotatable bonds is 8. The van der Waals surface area contributed by atoms with Crippen molar-refractivity contribution in [3.8, 4) is 0 Å². The summed E-state index contributed by atoms with van der Waals surface area (Å²) in [5.74, 6) is -1.45. The number of likely N-dealkylation sites (N-methyl/N-ethyl adjacent to an activating group) is 1. The van der Waals surface area contributed by atoms with E-state index in [1.54, 1.807) is 24.3 Å². The molecule has 2 unspecified atom stereocenters. The Morgan fingerprint density at radius 2 is 1.83 bits per heavy atom. The van der Waals surface area contributed by atoms with Crippen molar-refractivity contribution in [3.05, 3.63) is 53.5 Å².